The van der Waals surface area contributed by atoms with Crippen LogP contribution in [-0.2, 0) is 71.1 Å². The molecule has 0 aliphatic carbocycles. The zero-order valence-electron chi connectivity index (χ0n) is 60.0. The average molecular weight is 1330 g/mol. The van der Waals surface area contributed by atoms with Crippen LogP contribution in [0.15, 0.2) is 97.1 Å². The van der Waals surface area contributed by atoms with Crippen LogP contribution in [-0.4, -0.2) is 73.4 Å². The van der Waals surface area contributed by atoms with Crippen molar-refractivity contribution in [2.45, 2.75) is 280 Å². The van der Waals surface area contributed by atoms with E-state index in [4.69, 9.17) is 37.9 Å². The number of rotatable bonds is 22. The standard InChI is InChI=1S/C20H29F3O3.C19H27F3O3.C17H25F3O2.C17H26O3/c1-8-18(5,6)14-9-11-15(12-10-14)19(7,20(21,22)23)25-13-16(24)26-17(2,3)4;1-8-17(5,6)13-9-11-14(12-10-13)18(7,19(20,21)22)25-15(23)24-16(2,3)4;1-7-15(3,4)13-8-10-14(11-9-13)16(5,17(18,19)20)22-12(2)21-6;1-7-16(3,4)15(18)19-13-9-11-14(12-10-13)20-17(5,6)8-2/h9-12H,8,13H2,1-7H3;9-12H,8H2,1-7H3;8-12H,7H2,1-6H3;9-12H,7-8H2,1-6H3. The van der Waals surface area contributed by atoms with Gasteiger partial charge < -0.3 is 37.9 Å². The molecule has 0 aliphatic heterocycles. The molecule has 0 bridgehead atoms. The number of hydrogen-bond donors (Lipinski definition) is 0. The Morgan fingerprint density at radius 1 is 0.398 bits per heavy atom. The second-order valence-electron chi connectivity index (χ2n) is 28.7. The number of esters is 2. The van der Waals surface area contributed by atoms with Crippen LogP contribution < -0.4 is 9.47 Å². The van der Waals surface area contributed by atoms with Gasteiger partial charge in [0.05, 0.1) is 5.41 Å². The molecule has 4 aromatic rings. The highest BCUT2D eigenvalue weighted by atomic mass is 19.4. The third kappa shape index (κ3) is 25.3. The molecule has 4 rings (SSSR count). The molecule has 0 saturated heterocycles. The van der Waals surface area contributed by atoms with E-state index in [9.17, 15) is 53.9 Å². The van der Waals surface area contributed by atoms with E-state index in [2.05, 4.69) is 27.7 Å². The van der Waals surface area contributed by atoms with Crippen LogP contribution in [0.1, 0.15) is 239 Å². The molecule has 20 heteroatoms. The molecule has 0 fully saturated rings. The lowest BCUT2D eigenvalue weighted by atomic mass is 9.81. The molecule has 0 heterocycles. The molecule has 0 radical (unpaired) electrons. The van der Waals surface area contributed by atoms with Gasteiger partial charge in [-0.15, -0.1) is 0 Å². The summed E-state index contributed by atoms with van der Waals surface area (Å²) in [6.45, 7) is 43.3. The fourth-order valence-electron chi connectivity index (χ4n) is 7.99. The Bertz CT molecular complexity index is 2930. The summed E-state index contributed by atoms with van der Waals surface area (Å²) < 4.78 is 163. The first-order valence-electron chi connectivity index (χ1n) is 31.5. The van der Waals surface area contributed by atoms with E-state index in [0.29, 0.717) is 5.75 Å². The van der Waals surface area contributed by atoms with Crippen LogP contribution in [0, 0.1) is 5.41 Å². The Kier molecular flexibility index (Phi) is 30.0. The quantitative estimate of drug-likeness (QED) is 0.0323. The Morgan fingerprint density at radius 3 is 1.02 bits per heavy atom. The Labute approximate surface area is 548 Å². The molecule has 93 heavy (non-hydrogen) atoms. The van der Waals surface area contributed by atoms with Crippen LogP contribution in [0.4, 0.5) is 44.3 Å². The summed E-state index contributed by atoms with van der Waals surface area (Å²) >= 11 is 0. The highest BCUT2D eigenvalue weighted by molar-refractivity contribution is 5.78. The zero-order chi connectivity index (χ0) is 72.6. The lowest BCUT2D eigenvalue weighted by Crippen LogP contribution is -2.44. The molecule has 4 atom stereocenters. The number of halogens is 9. The van der Waals surface area contributed by atoms with Gasteiger partial charge in [-0.25, -0.2) is 9.59 Å². The van der Waals surface area contributed by atoms with Crippen molar-refractivity contribution in [3.05, 3.63) is 130 Å². The molecule has 0 aliphatic rings. The van der Waals surface area contributed by atoms with E-state index in [1.54, 1.807) is 90.1 Å². The lowest BCUT2D eigenvalue weighted by molar-refractivity contribution is -0.317. The van der Waals surface area contributed by atoms with Crippen molar-refractivity contribution in [1.29, 1.82) is 0 Å². The monoisotopic (exact) mass is 1330 g/mol. The van der Waals surface area contributed by atoms with Gasteiger partial charge in [0, 0.05) is 12.7 Å². The number of benzene rings is 4. The summed E-state index contributed by atoms with van der Waals surface area (Å²) in [6.07, 6.45) is -12.0. The van der Waals surface area contributed by atoms with Gasteiger partial charge in [-0.1, -0.05) is 149 Å². The SMILES string of the molecule is CCC(C)(C)Oc1ccc(OC(=O)C(C)(C)CC)cc1.CCC(C)(C)c1ccc(C(C)(OC(=O)OC(C)(C)C)C(F)(F)F)cc1.CCC(C)(C)c1ccc(C(C)(OC(C)OC)C(F)(F)F)cc1.CCC(C)(C)c1ccc(C(C)(OCC(=O)OC(C)(C)C)C(F)(F)F)cc1. The van der Waals surface area contributed by atoms with Gasteiger partial charge in [-0.3, -0.25) is 4.79 Å². The molecule has 0 N–H and O–H groups in total. The van der Waals surface area contributed by atoms with E-state index in [0.717, 1.165) is 75.3 Å². The van der Waals surface area contributed by atoms with E-state index >= 15 is 0 Å². The molecule has 0 spiro atoms. The largest absolute Gasteiger partial charge is 0.510 e. The Morgan fingerprint density at radius 2 is 0.720 bits per heavy atom. The van der Waals surface area contributed by atoms with Crippen molar-refractivity contribution >= 4 is 18.1 Å². The van der Waals surface area contributed by atoms with Crippen LogP contribution in [0.3, 0.4) is 0 Å². The van der Waals surface area contributed by atoms with Crippen molar-refractivity contribution in [2.24, 2.45) is 5.41 Å². The number of ether oxygens (including phenoxy) is 8. The minimum absolute atomic E-state index is 0.0517. The number of carbonyl (C=O) groups excluding carboxylic acids is 3. The highest BCUT2D eigenvalue weighted by Gasteiger charge is 2.58. The van der Waals surface area contributed by atoms with Gasteiger partial charge in [0.25, 0.3) is 0 Å². The van der Waals surface area contributed by atoms with Gasteiger partial charge in [0.15, 0.2) is 17.5 Å². The van der Waals surface area contributed by atoms with Gasteiger partial charge in [0.1, 0.15) is 34.9 Å². The summed E-state index contributed by atoms with van der Waals surface area (Å²) in [5, 5.41) is 0. The zero-order valence-corrected chi connectivity index (χ0v) is 60.0. The first kappa shape index (κ1) is 85.2. The van der Waals surface area contributed by atoms with Crippen molar-refractivity contribution in [3.63, 3.8) is 0 Å². The molecule has 0 aromatic heterocycles. The number of alkyl halides is 9. The van der Waals surface area contributed by atoms with Crippen LogP contribution in [0.2, 0.25) is 0 Å². The summed E-state index contributed by atoms with van der Waals surface area (Å²) in [5.41, 5.74) is -7.81. The summed E-state index contributed by atoms with van der Waals surface area (Å²) in [7, 11) is 1.31. The van der Waals surface area contributed by atoms with Crippen molar-refractivity contribution in [3.8, 4) is 11.5 Å². The first-order chi connectivity index (χ1) is 41.9. The Balaban J connectivity index is 0.000000623. The molecule has 4 unspecified atom stereocenters. The summed E-state index contributed by atoms with van der Waals surface area (Å²) in [6, 6.07) is 25.8. The molecule has 0 saturated carbocycles. The fraction of sp³-hybridized carbons (Fsp3) is 0.630. The van der Waals surface area contributed by atoms with E-state index in [1.165, 1.54) is 50.4 Å². The minimum atomic E-state index is -4.79. The highest BCUT2D eigenvalue weighted by Crippen LogP contribution is 2.46. The smallest absolute Gasteiger partial charge is 0.488 e. The molecular formula is C73H107F9O11. The predicted molar refractivity (Wildman–Crippen MR) is 347 cm³/mol. The van der Waals surface area contributed by atoms with Crippen LogP contribution >= 0.6 is 0 Å². The van der Waals surface area contributed by atoms with Crippen molar-refractivity contribution in [1.82, 2.24) is 0 Å². The lowest BCUT2D eigenvalue weighted by Gasteiger charge is -2.35. The second-order valence-corrected chi connectivity index (χ2v) is 28.7. The predicted octanol–water partition coefficient (Wildman–Crippen LogP) is 21.4. The molecular weight excluding hydrogens is 1220 g/mol. The average Bonchev–Trinajstić information content (AvgIpc) is 0.794. The van der Waals surface area contributed by atoms with Gasteiger partial charge in [-0.05, 0) is 197 Å². The molecule has 4 aromatic carbocycles. The third-order valence-electron chi connectivity index (χ3n) is 17.0. The molecule has 11 nitrogen and oxygen atoms in total. The summed E-state index contributed by atoms with van der Waals surface area (Å²) in [5.74, 6) is 0.295. The maximum Gasteiger partial charge on any atom is 0.510 e. The van der Waals surface area contributed by atoms with Gasteiger partial charge in [-0.2, -0.15) is 39.5 Å². The van der Waals surface area contributed by atoms with E-state index in [-0.39, 0.29) is 44.5 Å². The minimum Gasteiger partial charge on any atom is -0.488 e. The molecule has 0 amide bonds. The molecule has 528 valence electrons. The summed E-state index contributed by atoms with van der Waals surface area (Å²) in [4.78, 5) is 35.6. The van der Waals surface area contributed by atoms with Crippen molar-refractivity contribution in [2.75, 3.05) is 13.7 Å². The first-order valence-corrected chi connectivity index (χ1v) is 31.5. The van der Waals surface area contributed by atoms with Crippen LogP contribution in [0.5, 0.6) is 11.5 Å². The van der Waals surface area contributed by atoms with Crippen LogP contribution in [0.25, 0.3) is 0 Å². The van der Waals surface area contributed by atoms with E-state index < -0.39 is 77.0 Å². The second kappa shape index (κ2) is 32.7. The topological polar surface area (TPSA) is 125 Å². The number of carbonyl (C=O) groups is 3. The fourth-order valence-corrected chi connectivity index (χ4v) is 7.99. The van der Waals surface area contributed by atoms with Crippen molar-refractivity contribution < 1.29 is 91.8 Å². The third-order valence-corrected chi connectivity index (χ3v) is 17.0. The van der Waals surface area contributed by atoms with E-state index in [1.807, 2.05) is 88.3 Å². The maximum absolute atomic E-state index is 13.7. The Hall–Kier alpha value is -5.86. The number of hydrogen-bond acceptors (Lipinski definition) is 11. The number of methoxy groups -OCH3 is 1. The normalized spacial score (nSPS) is 15.1. The maximum atomic E-state index is 13.7. The van der Waals surface area contributed by atoms with Gasteiger partial charge in [0.2, 0.25) is 5.60 Å². The van der Waals surface area contributed by atoms with Gasteiger partial charge >= 0.3 is 36.6 Å².